The topological polar surface area (TPSA) is 29.5 Å². The van der Waals surface area contributed by atoms with Crippen molar-refractivity contribution in [2.45, 2.75) is 33.6 Å². The van der Waals surface area contributed by atoms with Crippen molar-refractivity contribution in [1.29, 1.82) is 0 Å². The Morgan fingerprint density at radius 1 is 1.38 bits per heavy atom. The molecule has 0 saturated heterocycles. The van der Waals surface area contributed by atoms with Crippen molar-refractivity contribution in [3.63, 3.8) is 0 Å². The molecule has 0 amide bonds. The van der Waals surface area contributed by atoms with Gasteiger partial charge < -0.3 is 9.64 Å². The van der Waals surface area contributed by atoms with Crippen LogP contribution in [0.5, 0.6) is 0 Å². The van der Waals surface area contributed by atoms with Crippen LogP contribution in [0.3, 0.4) is 0 Å². The molecule has 0 N–H and O–H groups in total. The Bertz CT molecular complexity index is 417. The summed E-state index contributed by atoms with van der Waals surface area (Å²) in [6.07, 6.45) is 4.95. The molecule has 0 aromatic rings. The van der Waals surface area contributed by atoms with Gasteiger partial charge in [0.1, 0.15) is 0 Å². The highest BCUT2D eigenvalue weighted by atomic mass is 35.5. The van der Waals surface area contributed by atoms with Crippen molar-refractivity contribution in [1.82, 2.24) is 4.90 Å². The van der Waals surface area contributed by atoms with Crippen LogP contribution in [0, 0.1) is 5.92 Å². The molecule has 3 nitrogen and oxygen atoms in total. The Kier molecular flexibility index (Phi) is 10.3. The molecule has 1 unspecified atom stereocenters. The molecule has 0 aliphatic carbocycles. The van der Waals surface area contributed by atoms with Crippen molar-refractivity contribution in [3.05, 3.63) is 34.5 Å². The molecule has 0 fully saturated rings. The summed E-state index contributed by atoms with van der Waals surface area (Å²) < 4.78 is 4.85. The second kappa shape index (κ2) is 10.7. The molecule has 0 rings (SSSR count). The number of carbonyl (C=O) groups is 1. The number of allylic oxidation sites excluding steroid dienone is 4. The van der Waals surface area contributed by atoms with Crippen LogP contribution in [0.4, 0.5) is 0 Å². The van der Waals surface area contributed by atoms with Gasteiger partial charge in [0.15, 0.2) is 0 Å². The lowest BCUT2D eigenvalue weighted by Crippen LogP contribution is -2.34. The van der Waals surface area contributed by atoms with Gasteiger partial charge >= 0.3 is 5.97 Å². The fraction of sp³-hybridized carbons (Fsp3) is 0.562. The number of halogens is 2. The maximum absolute atomic E-state index is 11.8. The summed E-state index contributed by atoms with van der Waals surface area (Å²) in [7, 11) is 1.40. The third-order valence-corrected chi connectivity index (χ3v) is 3.89. The molecule has 0 aliphatic heterocycles. The van der Waals surface area contributed by atoms with E-state index in [1.54, 1.807) is 12.2 Å². The third kappa shape index (κ3) is 6.15. The molecular weight excluding hydrogens is 309 g/mol. The molecule has 0 radical (unpaired) electrons. The lowest BCUT2D eigenvalue weighted by atomic mass is 10.1. The minimum absolute atomic E-state index is 0.216. The minimum Gasteiger partial charge on any atom is -0.469 e. The van der Waals surface area contributed by atoms with E-state index in [-0.39, 0.29) is 11.9 Å². The summed E-state index contributed by atoms with van der Waals surface area (Å²) in [5.74, 6) is -0.434. The van der Waals surface area contributed by atoms with Crippen molar-refractivity contribution in [2.24, 2.45) is 5.92 Å². The first kappa shape index (κ1) is 20.1. The van der Waals surface area contributed by atoms with Gasteiger partial charge in [-0.1, -0.05) is 49.7 Å². The molecule has 21 heavy (non-hydrogen) atoms. The van der Waals surface area contributed by atoms with Crippen molar-refractivity contribution in [3.8, 4) is 0 Å². The van der Waals surface area contributed by atoms with Crippen molar-refractivity contribution in [2.75, 3.05) is 20.2 Å². The van der Waals surface area contributed by atoms with Crippen LogP contribution in [0.2, 0.25) is 0 Å². The second-order valence-electron chi connectivity index (χ2n) is 4.61. The Labute approximate surface area is 138 Å². The number of hydrogen-bond donors (Lipinski definition) is 0. The molecule has 0 heterocycles. The minimum atomic E-state index is -0.218. The second-order valence-corrected chi connectivity index (χ2v) is 5.43. The zero-order valence-electron chi connectivity index (χ0n) is 13.3. The van der Waals surface area contributed by atoms with Gasteiger partial charge in [0.2, 0.25) is 0 Å². The number of methoxy groups -OCH3 is 1. The third-order valence-electron chi connectivity index (χ3n) is 3.16. The van der Waals surface area contributed by atoms with Gasteiger partial charge in [0, 0.05) is 13.1 Å². The first-order chi connectivity index (χ1) is 9.96. The summed E-state index contributed by atoms with van der Waals surface area (Å²) in [6.45, 7) is 10.8. The van der Waals surface area contributed by atoms with E-state index in [0.717, 1.165) is 13.0 Å². The molecule has 0 aromatic carbocycles. The average Bonchev–Trinajstić information content (AvgIpc) is 2.51. The maximum atomic E-state index is 11.8. The Morgan fingerprint density at radius 3 is 2.38 bits per heavy atom. The van der Waals surface area contributed by atoms with E-state index < -0.39 is 0 Å². The van der Waals surface area contributed by atoms with Crippen LogP contribution in [0.15, 0.2) is 34.5 Å². The van der Waals surface area contributed by atoms with Crippen LogP contribution < -0.4 is 0 Å². The standard InChI is InChI=1S/C16H25Cl2NO2/c1-6-10-19(11-12(7-2)16(20)21-5)15(13(17)8-3)14(18)9-4/h8-9,12H,3,6-7,10-11H2,1-2,4-5H3/b14-9+,15-13-. The predicted octanol–water partition coefficient (Wildman–Crippen LogP) is 4.68. The Hall–Kier alpha value is -0.930. The normalized spacial score (nSPS) is 14.3. The van der Waals surface area contributed by atoms with Gasteiger partial charge in [-0.05, 0) is 25.8 Å². The lowest BCUT2D eigenvalue weighted by Gasteiger charge is -2.30. The van der Waals surface area contributed by atoms with Gasteiger partial charge in [-0.25, -0.2) is 0 Å². The smallest absolute Gasteiger partial charge is 0.310 e. The molecule has 0 aromatic heterocycles. The SMILES string of the molecule is C=C/C(Cl)=C(\C(Cl)=C/C)N(CCC)CC(CC)C(=O)OC. The van der Waals surface area contributed by atoms with Crippen LogP contribution in [-0.4, -0.2) is 31.1 Å². The zero-order valence-corrected chi connectivity index (χ0v) is 14.8. The highest BCUT2D eigenvalue weighted by Gasteiger charge is 2.23. The Balaban J connectivity index is 5.53. The van der Waals surface area contributed by atoms with E-state index in [4.69, 9.17) is 27.9 Å². The monoisotopic (exact) mass is 333 g/mol. The summed E-state index contributed by atoms with van der Waals surface area (Å²) >= 11 is 12.5. The van der Waals surface area contributed by atoms with Crippen LogP contribution in [0.25, 0.3) is 0 Å². The van der Waals surface area contributed by atoms with Gasteiger partial charge in [-0.2, -0.15) is 0 Å². The molecule has 0 spiro atoms. The quantitative estimate of drug-likeness (QED) is 0.453. The van der Waals surface area contributed by atoms with Gasteiger partial charge in [-0.15, -0.1) is 0 Å². The van der Waals surface area contributed by atoms with E-state index in [0.29, 0.717) is 28.7 Å². The summed E-state index contributed by atoms with van der Waals surface area (Å²) in [4.78, 5) is 13.8. The van der Waals surface area contributed by atoms with E-state index in [2.05, 4.69) is 13.5 Å². The first-order valence-corrected chi connectivity index (χ1v) is 7.89. The highest BCUT2D eigenvalue weighted by molar-refractivity contribution is 6.36. The van der Waals surface area contributed by atoms with Gasteiger partial charge in [-0.3, -0.25) is 4.79 Å². The number of esters is 1. The average molecular weight is 334 g/mol. The number of carbonyl (C=O) groups excluding carboxylic acids is 1. The zero-order chi connectivity index (χ0) is 16.4. The van der Waals surface area contributed by atoms with E-state index in [1.165, 1.54) is 7.11 Å². The fourth-order valence-corrected chi connectivity index (χ4v) is 2.51. The highest BCUT2D eigenvalue weighted by Crippen LogP contribution is 2.27. The summed E-state index contributed by atoms with van der Waals surface area (Å²) in [6, 6.07) is 0. The first-order valence-electron chi connectivity index (χ1n) is 7.13. The molecule has 5 heteroatoms. The van der Waals surface area contributed by atoms with Crippen LogP contribution in [0.1, 0.15) is 33.6 Å². The Morgan fingerprint density at radius 2 is 2.00 bits per heavy atom. The number of nitrogens with zero attached hydrogens (tertiary/aromatic N) is 1. The number of ether oxygens (including phenoxy) is 1. The summed E-state index contributed by atoms with van der Waals surface area (Å²) in [5, 5.41) is 1.03. The molecule has 1 atom stereocenters. The number of rotatable bonds is 9. The molecule has 0 bridgehead atoms. The fourth-order valence-electron chi connectivity index (χ4n) is 2.02. The number of hydrogen-bond acceptors (Lipinski definition) is 3. The van der Waals surface area contributed by atoms with Gasteiger partial charge in [0.05, 0.1) is 28.8 Å². The molecule has 0 saturated carbocycles. The van der Waals surface area contributed by atoms with E-state index in [9.17, 15) is 4.79 Å². The maximum Gasteiger partial charge on any atom is 0.310 e. The molecule has 0 aliphatic rings. The largest absolute Gasteiger partial charge is 0.469 e. The lowest BCUT2D eigenvalue weighted by molar-refractivity contribution is -0.146. The predicted molar refractivity (Wildman–Crippen MR) is 90.3 cm³/mol. The van der Waals surface area contributed by atoms with Crippen LogP contribution in [-0.2, 0) is 9.53 Å². The van der Waals surface area contributed by atoms with Gasteiger partial charge in [0.25, 0.3) is 0 Å². The van der Waals surface area contributed by atoms with Crippen LogP contribution >= 0.6 is 23.2 Å². The van der Waals surface area contributed by atoms with Crippen molar-refractivity contribution < 1.29 is 9.53 Å². The van der Waals surface area contributed by atoms with Crippen molar-refractivity contribution >= 4 is 29.2 Å². The summed E-state index contributed by atoms with van der Waals surface area (Å²) in [5.41, 5.74) is 0.708. The molecular formula is C16H25Cl2NO2. The van der Waals surface area contributed by atoms with E-state index in [1.807, 2.05) is 18.7 Å². The molecule has 120 valence electrons. The van der Waals surface area contributed by atoms with E-state index >= 15 is 0 Å².